The monoisotopic (exact) mass is 407 g/mol. The summed E-state index contributed by atoms with van der Waals surface area (Å²) in [4.78, 5) is 2.55. The van der Waals surface area contributed by atoms with Gasteiger partial charge in [0, 0.05) is 8.48 Å². The number of alkyl halides is 3. The molecule has 0 atom stereocenters. The molecule has 0 unspecified atom stereocenters. The van der Waals surface area contributed by atoms with E-state index in [1.165, 1.54) is 6.07 Å². The van der Waals surface area contributed by atoms with E-state index in [0.29, 0.717) is 3.57 Å². The smallest absolute Gasteiger partial charge is 0.405 e. The maximum Gasteiger partial charge on any atom is 0.573 e. The van der Waals surface area contributed by atoms with Gasteiger partial charge in [-0.15, -0.1) is 13.2 Å². The number of azide groups is 1. The average molecular weight is 408 g/mol. The first-order chi connectivity index (χ1) is 7.33. The van der Waals surface area contributed by atoms with Crippen LogP contribution in [-0.2, 0) is 0 Å². The predicted molar refractivity (Wildman–Crippen MR) is 62.3 cm³/mol. The molecule has 0 bridgehead atoms. The molecule has 0 aliphatic rings. The van der Waals surface area contributed by atoms with Crippen molar-refractivity contribution >= 4 is 44.2 Å². The zero-order valence-corrected chi connectivity index (χ0v) is 11.0. The van der Waals surface area contributed by atoms with E-state index in [1.807, 2.05) is 0 Å². The molecule has 1 aromatic rings. The van der Waals surface area contributed by atoms with Crippen LogP contribution in [0, 0.1) is 3.57 Å². The highest BCUT2D eigenvalue weighted by molar-refractivity contribution is 14.1. The van der Waals surface area contributed by atoms with Gasteiger partial charge in [-0.3, -0.25) is 0 Å². The van der Waals surface area contributed by atoms with Crippen molar-refractivity contribution in [3.8, 4) is 5.75 Å². The molecule has 86 valence electrons. The first-order valence-corrected chi connectivity index (χ1v) is 5.50. The zero-order chi connectivity index (χ0) is 12.3. The van der Waals surface area contributed by atoms with Crippen molar-refractivity contribution in [2.24, 2.45) is 5.11 Å². The summed E-state index contributed by atoms with van der Waals surface area (Å²) < 4.78 is 40.1. The van der Waals surface area contributed by atoms with Gasteiger partial charge in [0.2, 0.25) is 0 Å². The Labute approximate surface area is 110 Å². The maximum absolute atomic E-state index is 12.0. The van der Waals surface area contributed by atoms with E-state index in [1.54, 1.807) is 22.6 Å². The van der Waals surface area contributed by atoms with Crippen LogP contribution in [0.15, 0.2) is 21.7 Å². The molecular weight excluding hydrogens is 406 g/mol. The van der Waals surface area contributed by atoms with E-state index in [2.05, 4.69) is 30.7 Å². The highest BCUT2D eigenvalue weighted by Gasteiger charge is 2.32. The first-order valence-electron chi connectivity index (χ1n) is 3.63. The van der Waals surface area contributed by atoms with Gasteiger partial charge >= 0.3 is 6.36 Å². The van der Waals surface area contributed by atoms with Crippen molar-refractivity contribution in [1.82, 2.24) is 0 Å². The van der Waals surface area contributed by atoms with E-state index in [-0.39, 0.29) is 15.9 Å². The fraction of sp³-hybridized carbons (Fsp3) is 0.143. The van der Waals surface area contributed by atoms with E-state index in [4.69, 9.17) is 5.53 Å². The van der Waals surface area contributed by atoms with Crippen LogP contribution in [0.2, 0.25) is 0 Å². The van der Waals surface area contributed by atoms with E-state index in [9.17, 15) is 13.2 Å². The summed E-state index contributed by atoms with van der Waals surface area (Å²) in [5.41, 5.74) is 8.45. The minimum Gasteiger partial charge on any atom is -0.405 e. The van der Waals surface area contributed by atoms with Gasteiger partial charge in [0.25, 0.3) is 0 Å². The molecule has 0 fully saturated rings. The average Bonchev–Trinajstić information content (AvgIpc) is 2.11. The summed E-state index contributed by atoms with van der Waals surface area (Å²) in [5, 5.41) is 3.31. The van der Waals surface area contributed by atoms with Gasteiger partial charge in [-0.1, -0.05) is 5.11 Å². The molecule has 4 nitrogen and oxygen atoms in total. The Hall–Kier alpha value is -0.670. The van der Waals surface area contributed by atoms with Gasteiger partial charge < -0.3 is 4.74 Å². The minimum atomic E-state index is -4.76. The van der Waals surface area contributed by atoms with Crippen molar-refractivity contribution in [3.63, 3.8) is 0 Å². The molecule has 0 radical (unpaired) electrons. The minimum absolute atomic E-state index is 0.0626. The molecule has 1 aromatic carbocycles. The summed E-state index contributed by atoms with van der Waals surface area (Å²) >= 11 is 4.64. The molecule has 9 heteroatoms. The molecule has 0 aliphatic carbocycles. The Morgan fingerprint density at radius 3 is 2.56 bits per heavy atom. The van der Waals surface area contributed by atoms with E-state index >= 15 is 0 Å². The second-order valence-electron chi connectivity index (χ2n) is 2.47. The lowest BCUT2D eigenvalue weighted by molar-refractivity contribution is -0.274. The van der Waals surface area contributed by atoms with Crippen LogP contribution in [0.3, 0.4) is 0 Å². The molecular formula is C7H2BrF3IN3O. The van der Waals surface area contributed by atoms with Crippen LogP contribution in [0.25, 0.3) is 10.4 Å². The van der Waals surface area contributed by atoms with Gasteiger partial charge in [-0.25, -0.2) is 0 Å². The third kappa shape index (κ3) is 3.72. The van der Waals surface area contributed by atoms with Gasteiger partial charge in [0.1, 0.15) is 5.75 Å². The number of ether oxygens (including phenoxy) is 1. The normalized spacial score (nSPS) is 10.8. The van der Waals surface area contributed by atoms with Gasteiger partial charge in [-0.2, -0.15) is 0 Å². The lowest BCUT2D eigenvalue weighted by Gasteiger charge is -2.11. The fourth-order valence-corrected chi connectivity index (χ4v) is 1.80. The van der Waals surface area contributed by atoms with Gasteiger partial charge in [-0.05, 0) is 56.2 Å². The molecule has 0 aliphatic heterocycles. The Morgan fingerprint density at radius 1 is 1.44 bits per heavy atom. The Bertz CT molecular complexity index is 459. The summed E-state index contributed by atoms with van der Waals surface area (Å²) in [6.07, 6.45) is -4.76. The van der Waals surface area contributed by atoms with Crippen molar-refractivity contribution in [1.29, 1.82) is 0 Å². The third-order valence-electron chi connectivity index (χ3n) is 1.38. The molecule has 0 saturated heterocycles. The molecule has 0 aromatic heterocycles. The summed E-state index contributed by atoms with van der Waals surface area (Å²) in [7, 11) is 0. The fourth-order valence-electron chi connectivity index (χ4n) is 0.846. The summed E-state index contributed by atoms with van der Waals surface area (Å²) in [6.45, 7) is 0. The standard InChI is InChI=1S/C7H2BrF3IN3O/c8-3-1-5(14-15-13)4(12)2-6(3)16-7(9,10)11/h1-2H. The molecule has 1 rings (SSSR count). The van der Waals surface area contributed by atoms with Crippen LogP contribution in [-0.4, -0.2) is 6.36 Å². The largest absolute Gasteiger partial charge is 0.573 e. The lowest BCUT2D eigenvalue weighted by atomic mass is 10.3. The van der Waals surface area contributed by atoms with E-state index < -0.39 is 6.36 Å². The molecule has 0 saturated carbocycles. The lowest BCUT2D eigenvalue weighted by Crippen LogP contribution is -2.17. The van der Waals surface area contributed by atoms with E-state index in [0.717, 1.165) is 6.07 Å². The van der Waals surface area contributed by atoms with Crippen LogP contribution < -0.4 is 4.74 Å². The van der Waals surface area contributed by atoms with Crippen molar-refractivity contribution < 1.29 is 17.9 Å². The highest BCUT2D eigenvalue weighted by atomic mass is 127. The quantitative estimate of drug-likeness (QED) is 0.298. The number of nitrogens with zero attached hydrogens (tertiary/aromatic N) is 3. The van der Waals surface area contributed by atoms with Crippen molar-refractivity contribution in [2.75, 3.05) is 0 Å². The highest BCUT2D eigenvalue weighted by Crippen LogP contribution is 2.36. The Balaban J connectivity index is 3.15. The molecule has 16 heavy (non-hydrogen) atoms. The SMILES string of the molecule is [N-]=[N+]=Nc1cc(Br)c(OC(F)(F)F)cc1I. The van der Waals surface area contributed by atoms with Gasteiger partial charge in [0.15, 0.2) is 0 Å². The first kappa shape index (κ1) is 13.4. The summed E-state index contributed by atoms with van der Waals surface area (Å²) in [5.74, 6) is -0.381. The second kappa shape index (κ2) is 5.11. The Kier molecular flexibility index (Phi) is 4.28. The van der Waals surface area contributed by atoms with Crippen LogP contribution in [0.1, 0.15) is 0 Å². The molecule has 0 amide bonds. The Morgan fingerprint density at radius 2 is 2.06 bits per heavy atom. The van der Waals surface area contributed by atoms with Crippen molar-refractivity contribution in [3.05, 3.63) is 30.6 Å². The summed E-state index contributed by atoms with van der Waals surface area (Å²) in [6, 6.07) is 2.38. The second-order valence-corrected chi connectivity index (χ2v) is 4.49. The van der Waals surface area contributed by atoms with Crippen LogP contribution in [0.4, 0.5) is 18.9 Å². The topological polar surface area (TPSA) is 58.0 Å². The maximum atomic E-state index is 12.0. The molecule has 0 spiro atoms. The van der Waals surface area contributed by atoms with Gasteiger partial charge in [0.05, 0.1) is 10.2 Å². The van der Waals surface area contributed by atoms with Crippen LogP contribution in [0.5, 0.6) is 5.75 Å². The third-order valence-corrected chi connectivity index (χ3v) is 2.86. The zero-order valence-electron chi connectivity index (χ0n) is 7.29. The number of hydrogen-bond donors (Lipinski definition) is 0. The number of hydrogen-bond acceptors (Lipinski definition) is 2. The predicted octanol–water partition coefficient (Wildman–Crippen LogP) is 4.89. The number of benzene rings is 1. The number of rotatable bonds is 2. The molecule has 0 heterocycles. The van der Waals surface area contributed by atoms with Crippen LogP contribution >= 0.6 is 38.5 Å². The van der Waals surface area contributed by atoms with Crippen molar-refractivity contribution in [2.45, 2.75) is 6.36 Å². The number of halogens is 5. The molecule has 0 N–H and O–H groups in total.